The molecule has 33 heavy (non-hydrogen) atoms. The molecule has 2 heterocycles. The topological polar surface area (TPSA) is 84.3 Å². The number of rotatable bonds is 6. The fraction of sp³-hybridized carbons (Fsp3) is 0.167. The van der Waals surface area contributed by atoms with Gasteiger partial charge in [-0.15, -0.1) is 11.3 Å². The van der Waals surface area contributed by atoms with E-state index in [0.29, 0.717) is 20.9 Å². The normalized spacial score (nSPS) is 10.9. The molecule has 0 saturated heterocycles. The standard InChI is InChI=1S/C24H21ClN4O3S/c1-15-7-9-16(10-8-15)17-13-33-23-22(17)24(32)29(14-26-23)12-21(31)28(2)11-20(30)27-19-6-4-3-5-18(19)25/h3-10,13-14H,11-12H2,1-2H3,(H,27,30). The van der Waals surface area contributed by atoms with Crippen molar-refractivity contribution in [3.05, 3.63) is 81.2 Å². The molecule has 4 aromatic rings. The average Bonchev–Trinajstić information content (AvgIpc) is 3.22. The molecule has 7 nitrogen and oxygen atoms in total. The Bertz CT molecular complexity index is 1400. The summed E-state index contributed by atoms with van der Waals surface area (Å²) in [6.45, 7) is 1.60. The summed E-state index contributed by atoms with van der Waals surface area (Å²) in [5.74, 6) is -0.779. The lowest BCUT2D eigenvalue weighted by atomic mass is 10.1. The van der Waals surface area contributed by atoms with E-state index in [4.69, 9.17) is 11.6 Å². The second-order valence-electron chi connectivity index (χ2n) is 7.65. The Morgan fingerprint density at radius 2 is 1.88 bits per heavy atom. The third-order valence-electron chi connectivity index (χ3n) is 5.18. The van der Waals surface area contributed by atoms with Crippen molar-refractivity contribution in [1.82, 2.24) is 14.5 Å². The minimum absolute atomic E-state index is 0.179. The number of thiophene rings is 1. The molecule has 0 aliphatic rings. The number of aromatic nitrogens is 2. The number of fused-ring (bicyclic) bond motifs is 1. The summed E-state index contributed by atoms with van der Waals surface area (Å²) in [5.41, 5.74) is 3.02. The van der Waals surface area contributed by atoms with Crippen LogP contribution in [0, 0.1) is 6.92 Å². The minimum atomic E-state index is -0.389. The molecule has 0 saturated carbocycles. The average molecular weight is 481 g/mol. The Morgan fingerprint density at radius 3 is 2.61 bits per heavy atom. The van der Waals surface area contributed by atoms with Crippen molar-refractivity contribution in [2.75, 3.05) is 18.9 Å². The lowest BCUT2D eigenvalue weighted by Gasteiger charge is -2.17. The van der Waals surface area contributed by atoms with Gasteiger partial charge in [-0.2, -0.15) is 0 Å². The summed E-state index contributed by atoms with van der Waals surface area (Å²) in [7, 11) is 1.51. The fourth-order valence-electron chi connectivity index (χ4n) is 3.35. The highest BCUT2D eigenvalue weighted by atomic mass is 35.5. The predicted molar refractivity (Wildman–Crippen MR) is 132 cm³/mol. The zero-order valence-corrected chi connectivity index (χ0v) is 19.6. The van der Waals surface area contributed by atoms with Gasteiger partial charge in [0.2, 0.25) is 11.8 Å². The molecule has 0 spiro atoms. The number of halogens is 1. The lowest BCUT2D eigenvalue weighted by molar-refractivity contribution is -0.133. The van der Waals surface area contributed by atoms with Gasteiger partial charge in [0, 0.05) is 18.0 Å². The third-order valence-corrected chi connectivity index (χ3v) is 6.40. The molecule has 0 aliphatic carbocycles. The van der Waals surface area contributed by atoms with Crippen LogP contribution in [0.1, 0.15) is 5.56 Å². The Hall–Kier alpha value is -3.49. The van der Waals surface area contributed by atoms with E-state index < -0.39 is 0 Å². The van der Waals surface area contributed by atoms with Gasteiger partial charge < -0.3 is 10.2 Å². The largest absolute Gasteiger partial charge is 0.335 e. The summed E-state index contributed by atoms with van der Waals surface area (Å²) in [4.78, 5) is 44.5. The zero-order valence-electron chi connectivity index (χ0n) is 18.0. The van der Waals surface area contributed by atoms with Crippen LogP contribution in [-0.2, 0) is 16.1 Å². The molecular weight excluding hydrogens is 460 g/mol. The number of nitrogens with one attached hydrogen (secondary N) is 1. The zero-order chi connectivity index (χ0) is 23.5. The molecule has 2 aromatic heterocycles. The van der Waals surface area contributed by atoms with Gasteiger partial charge in [0.25, 0.3) is 5.56 Å². The van der Waals surface area contributed by atoms with Crippen LogP contribution in [-0.4, -0.2) is 39.9 Å². The first-order chi connectivity index (χ1) is 15.8. The van der Waals surface area contributed by atoms with E-state index in [2.05, 4.69) is 10.3 Å². The van der Waals surface area contributed by atoms with Crippen molar-refractivity contribution in [3.63, 3.8) is 0 Å². The van der Waals surface area contributed by atoms with E-state index in [1.54, 1.807) is 24.3 Å². The number of nitrogens with zero attached hydrogens (tertiary/aromatic N) is 3. The first-order valence-corrected chi connectivity index (χ1v) is 11.4. The van der Waals surface area contributed by atoms with Gasteiger partial charge in [-0.3, -0.25) is 19.0 Å². The van der Waals surface area contributed by atoms with Gasteiger partial charge in [-0.1, -0.05) is 53.6 Å². The van der Waals surface area contributed by atoms with Crippen LogP contribution >= 0.6 is 22.9 Å². The minimum Gasteiger partial charge on any atom is -0.335 e. The monoisotopic (exact) mass is 480 g/mol. The van der Waals surface area contributed by atoms with Gasteiger partial charge in [0.05, 0.1) is 29.0 Å². The maximum atomic E-state index is 13.2. The molecule has 9 heteroatoms. The molecule has 168 valence electrons. The van der Waals surface area contributed by atoms with Crippen LogP contribution in [0.4, 0.5) is 5.69 Å². The van der Waals surface area contributed by atoms with E-state index in [1.807, 2.05) is 36.6 Å². The summed E-state index contributed by atoms with van der Waals surface area (Å²) >= 11 is 7.44. The van der Waals surface area contributed by atoms with Gasteiger partial charge in [0.1, 0.15) is 11.4 Å². The van der Waals surface area contributed by atoms with Crippen LogP contribution in [0.5, 0.6) is 0 Å². The maximum Gasteiger partial charge on any atom is 0.263 e. The number of likely N-dealkylation sites (N-methyl/N-ethyl adjacent to an activating group) is 1. The molecule has 2 amide bonds. The molecule has 0 atom stereocenters. The number of aryl methyl sites for hydroxylation is 1. The van der Waals surface area contributed by atoms with Gasteiger partial charge >= 0.3 is 0 Å². The van der Waals surface area contributed by atoms with Crippen molar-refractivity contribution in [1.29, 1.82) is 0 Å². The number of amides is 2. The molecule has 0 bridgehead atoms. The van der Waals surface area contributed by atoms with E-state index in [9.17, 15) is 14.4 Å². The van der Waals surface area contributed by atoms with Crippen LogP contribution in [0.2, 0.25) is 5.02 Å². The first kappa shape index (κ1) is 22.7. The Balaban J connectivity index is 1.50. The summed E-state index contributed by atoms with van der Waals surface area (Å²) in [6, 6.07) is 14.7. The van der Waals surface area contributed by atoms with Crippen molar-refractivity contribution < 1.29 is 9.59 Å². The SMILES string of the molecule is Cc1ccc(-c2csc3ncn(CC(=O)N(C)CC(=O)Nc4ccccc4Cl)c(=O)c23)cc1. The molecule has 0 unspecified atom stereocenters. The van der Waals surface area contributed by atoms with Crippen molar-refractivity contribution in [2.24, 2.45) is 0 Å². The highest BCUT2D eigenvalue weighted by Crippen LogP contribution is 2.30. The fourth-order valence-corrected chi connectivity index (χ4v) is 4.44. The van der Waals surface area contributed by atoms with Crippen molar-refractivity contribution >= 4 is 50.7 Å². The first-order valence-electron chi connectivity index (χ1n) is 10.2. The van der Waals surface area contributed by atoms with Gasteiger partial charge in [-0.05, 0) is 24.6 Å². The second-order valence-corrected chi connectivity index (χ2v) is 8.92. The van der Waals surface area contributed by atoms with Crippen LogP contribution in [0.25, 0.3) is 21.3 Å². The van der Waals surface area contributed by atoms with Crippen molar-refractivity contribution in [3.8, 4) is 11.1 Å². The third kappa shape index (κ3) is 4.97. The van der Waals surface area contributed by atoms with Gasteiger partial charge in [0.15, 0.2) is 0 Å². The Labute approximate surface area is 199 Å². The highest BCUT2D eigenvalue weighted by Gasteiger charge is 2.18. The molecule has 2 aromatic carbocycles. The maximum absolute atomic E-state index is 13.2. The molecule has 0 aliphatic heterocycles. The highest BCUT2D eigenvalue weighted by molar-refractivity contribution is 7.17. The van der Waals surface area contributed by atoms with Crippen LogP contribution in [0.15, 0.2) is 65.0 Å². The molecule has 4 rings (SSSR count). The molecule has 0 fully saturated rings. The molecule has 0 radical (unpaired) electrons. The number of benzene rings is 2. The quantitative estimate of drug-likeness (QED) is 0.448. The molecule has 1 N–H and O–H groups in total. The number of hydrogen-bond donors (Lipinski definition) is 1. The Kier molecular flexibility index (Phi) is 6.57. The summed E-state index contributed by atoms with van der Waals surface area (Å²) in [5, 5.41) is 5.47. The van der Waals surface area contributed by atoms with E-state index in [-0.39, 0.29) is 30.5 Å². The number of anilines is 1. The number of carbonyl (C=O) groups is 2. The van der Waals surface area contributed by atoms with Crippen LogP contribution in [0.3, 0.4) is 0 Å². The van der Waals surface area contributed by atoms with Gasteiger partial charge in [-0.25, -0.2) is 4.98 Å². The Morgan fingerprint density at radius 1 is 1.15 bits per heavy atom. The van der Waals surface area contributed by atoms with Crippen LogP contribution < -0.4 is 10.9 Å². The summed E-state index contributed by atoms with van der Waals surface area (Å²) < 4.78 is 1.28. The van der Waals surface area contributed by atoms with E-state index in [1.165, 1.54) is 34.2 Å². The second kappa shape index (κ2) is 9.56. The lowest BCUT2D eigenvalue weighted by Crippen LogP contribution is -2.38. The summed E-state index contributed by atoms with van der Waals surface area (Å²) in [6.07, 6.45) is 1.37. The molecular formula is C24H21ClN4O3S. The van der Waals surface area contributed by atoms with E-state index >= 15 is 0 Å². The number of carbonyl (C=O) groups excluding carboxylic acids is 2. The smallest absolute Gasteiger partial charge is 0.263 e. The van der Waals surface area contributed by atoms with Crippen molar-refractivity contribution in [2.45, 2.75) is 13.5 Å². The predicted octanol–water partition coefficient (Wildman–Crippen LogP) is 4.18. The number of para-hydroxylation sites is 1. The number of hydrogen-bond acceptors (Lipinski definition) is 5. The van der Waals surface area contributed by atoms with E-state index in [0.717, 1.165) is 16.7 Å².